The Bertz CT molecular complexity index is 601. The van der Waals surface area contributed by atoms with Crippen LogP contribution in [0.3, 0.4) is 0 Å². The molecule has 0 aliphatic rings. The third-order valence-electron chi connectivity index (χ3n) is 3.35. The molecule has 0 amide bonds. The normalized spacial score (nSPS) is 10.9. The van der Waals surface area contributed by atoms with Crippen LogP contribution < -0.4 is 10.5 Å². The molecular formula is C17H21FN2O. The number of methoxy groups -OCH3 is 1. The topological polar surface area (TPSA) is 38.5 Å². The van der Waals surface area contributed by atoms with Gasteiger partial charge in [-0.25, -0.2) is 4.39 Å². The Labute approximate surface area is 125 Å². The van der Waals surface area contributed by atoms with Gasteiger partial charge in [0.25, 0.3) is 0 Å². The van der Waals surface area contributed by atoms with Crippen LogP contribution in [-0.2, 0) is 19.6 Å². The summed E-state index contributed by atoms with van der Waals surface area (Å²) in [5, 5.41) is 0. The summed E-state index contributed by atoms with van der Waals surface area (Å²) < 4.78 is 18.6. The molecule has 0 aliphatic heterocycles. The van der Waals surface area contributed by atoms with Crippen molar-refractivity contribution >= 4 is 0 Å². The maximum Gasteiger partial charge on any atom is 0.165 e. The molecule has 0 fully saturated rings. The minimum absolute atomic E-state index is 0.275. The summed E-state index contributed by atoms with van der Waals surface area (Å²) in [4.78, 5) is 2.14. The lowest BCUT2D eigenvalue weighted by atomic mass is 10.1. The molecule has 3 nitrogen and oxygen atoms in total. The monoisotopic (exact) mass is 288 g/mol. The fourth-order valence-electron chi connectivity index (χ4n) is 2.34. The van der Waals surface area contributed by atoms with Crippen LogP contribution in [0.1, 0.15) is 16.7 Å². The second-order valence-electron chi connectivity index (χ2n) is 5.17. The van der Waals surface area contributed by atoms with Gasteiger partial charge in [0.2, 0.25) is 0 Å². The molecule has 2 aromatic rings. The Morgan fingerprint density at radius 2 is 1.71 bits per heavy atom. The third-order valence-corrected chi connectivity index (χ3v) is 3.35. The van der Waals surface area contributed by atoms with Crippen LogP contribution in [-0.4, -0.2) is 19.1 Å². The van der Waals surface area contributed by atoms with E-state index in [0.29, 0.717) is 13.1 Å². The minimum Gasteiger partial charge on any atom is -0.494 e. The van der Waals surface area contributed by atoms with Crippen molar-refractivity contribution in [2.75, 3.05) is 14.2 Å². The Kier molecular flexibility index (Phi) is 5.31. The number of hydrogen-bond donors (Lipinski definition) is 1. The molecule has 0 saturated heterocycles. The van der Waals surface area contributed by atoms with Crippen LogP contribution in [0.15, 0.2) is 42.5 Å². The van der Waals surface area contributed by atoms with E-state index in [1.54, 1.807) is 6.07 Å². The summed E-state index contributed by atoms with van der Waals surface area (Å²) in [6.45, 7) is 2.01. The number of nitrogens with zero attached hydrogens (tertiary/aromatic N) is 1. The zero-order chi connectivity index (χ0) is 15.2. The maximum absolute atomic E-state index is 13.7. The lowest BCUT2D eigenvalue weighted by Gasteiger charge is -2.17. The van der Waals surface area contributed by atoms with E-state index in [1.807, 2.05) is 25.2 Å². The van der Waals surface area contributed by atoms with Crippen molar-refractivity contribution < 1.29 is 9.13 Å². The molecule has 112 valence electrons. The first-order valence-corrected chi connectivity index (χ1v) is 6.91. The van der Waals surface area contributed by atoms with Gasteiger partial charge in [-0.15, -0.1) is 0 Å². The van der Waals surface area contributed by atoms with E-state index in [-0.39, 0.29) is 11.6 Å². The van der Waals surface area contributed by atoms with E-state index in [9.17, 15) is 4.39 Å². The molecule has 0 bridgehead atoms. The SMILES string of the molecule is COc1ccc(CN(C)Cc2cccc(CN)c2)cc1F. The first-order valence-electron chi connectivity index (χ1n) is 6.91. The summed E-state index contributed by atoms with van der Waals surface area (Å²) in [5.41, 5.74) is 8.90. The number of hydrogen-bond acceptors (Lipinski definition) is 3. The molecule has 21 heavy (non-hydrogen) atoms. The van der Waals surface area contributed by atoms with Gasteiger partial charge in [0.15, 0.2) is 11.6 Å². The summed E-state index contributed by atoms with van der Waals surface area (Å²) in [5.74, 6) is -0.0504. The highest BCUT2D eigenvalue weighted by Crippen LogP contribution is 2.19. The fourth-order valence-corrected chi connectivity index (χ4v) is 2.34. The van der Waals surface area contributed by atoms with Crippen molar-refractivity contribution in [2.24, 2.45) is 5.73 Å². The number of benzene rings is 2. The first-order chi connectivity index (χ1) is 10.1. The summed E-state index contributed by atoms with van der Waals surface area (Å²) in [7, 11) is 3.48. The van der Waals surface area contributed by atoms with E-state index in [4.69, 9.17) is 10.5 Å². The first kappa shape index (κ1) is 15.5. The van der Waals surface area contributed by atoms with Crippen molar-refractivity contribution in [2.45, 2.75) is 19.6 Å². The molecule has 0 heterocycles. The Hall–Kier alpha value is -1.91. The number of ether oxygens (including phenoxy) is 1. The van der Waals surface area contributed by atoms with Gasteiger partial charge in [-0.05, 0) is 35.9 Å². The molecule has 2 aromatic carbocycles. The number of rotatable bonds is 6. The number of halogens is 1. The van der Waals surface area contributed by atoms with Gasteiger partial charge in [0.1, 0.15) is 0 Å². The molecule has 0 radical (unpaired) electrons. The predicted octanol–water partition coefficient (Wildman–Crippen LogP) is 2.93. The molecule has 2 N–H and O–H groups in total. The van der Waals surface area contributed by atoms with Crippen molar-refractivity contribution in [1.82, 2.24) is 4.90 Å². The standard InChI is InChI=1S/C17H21FN2O/c1-20(11-14-5-3-4-13(8-14)10-19)12-15-6-7-17(21-2)16(18)9-15/h3-9H,10-12,19H2,1-2H3. The zero-order valence-corrected chi connectivity index (χ0v) is 12.5. The van der Waals surface area contributed by atoms with Crippen molar-refractivity contribution in [1.29, 1.82) is 0 Å². The van der Waals surface area contributed by atoms with Crippen LogP contribution in [0, 0.1) is 5.82 Å². The van der Waals surface area contributed by atoms with Gasteiger partial charge < -0.3 is 10.5 Å². The average molecular weight is 288 g/mol. The van der Waals surface area contributed by atoms with Gasteiger partial charge >= 0.3 is 0 Å². The highest BCUT2D eigenvalue weighted by atomic mass is 19.1. The van der Waals surface area contributed by atoms with E-state index in [2.05, 4.69) is 17.0 Å². The lowest BCUT2D eigenvalue weighted by molar-refractivity contribution is 0.317. The predicted molar refractivity (Wildman–Crippen MR) is 82.5 cm³/mol. The second kappa shape index (κ2) is 7.20. The van der Waals surface area contributed by atoms with Gasteiger partial charge in [-0.3, -0.25) is 4.90 Å². The molecule has 0 aromatic heterocycles. The summed E-state index contributed by atoms with van der Waals surface area (Å²) >= 11 is 0. The van der Waals surface area contributed by atoms with Crippen LogP contribution in [0.5, 0.6) is 5.75 Å². The van der Waals surface area contributed by atoms with Crippen LogP contribution in [0.4, 0.5) is 4.39 Å². The second-order valence-corrected chi connectivity index (χ2v) is 5.17. The lowest BCUT2D eigenvalue weighted by Crippen LogP contribution is -2.17. The van der Waals surface area contributed by atoms with E-state index in [1.165, 1.54) is 18.7 Å². The highest BCUT2D eigenvalue weighted by molar-refractivity contribution is 5.29. The van der Waals surface area contributed by atoms with Crippen LogP contribution >= 0.6 is 0 Å². The molecule has 0 saturated carbocycles. The average Bonchev–Trinajstić information content (AvgIpc) is 2.47. The smallest absolute Gasteiger partial charge is 0.165 e. The van der Waals surface area contributed by atoms with Crippen molar-refractivity contribution in [3.63, 3.8) is 0 Å². The fraction of sp³-hybridized carbons (Fsp3) is 0.294. The summed E-state index contributed by atoms with van der Waals surface area (Å²) in [6, 6.07) is 13.3. The van der Waals surface area contributed by atoms with E-state index >= 15 is 0 Å². The van der Waals surface area contributed by atoms with Gasteiger partial charge in [-0.1, -0.05) is 30.3 Å². The third kappa shape index (κ3) is 4.28. The Morgan fingerprint density at radius 3 is 2.33 bits per heavy atom. The van der Waals surface area contributed by atoms with E-state index in [0.717, 1.165) is 17.7 Å². The molecule has 4 heteroatoms. The Balaban J connectivity index is 2.00. The van der Waals surface area contributed by atoms with Crippen molar-refractivity contribution in [3.05, 3.63) is 65.0 Å². The largest absolute Gasteiger partial charge is 0.494 e. The Morgan fingerprint density at radius 1 is 1.05 bits per heavy atom. The zero-order valence-electron chi connectivity index (χ0n) is 12.5. The summed E-state index contributed by atoms with van der Waals surface area (Å²) in [6.07, 6.45) is 0. The van der Waals surface area contributed by atoms with Gasteiger partial charge in [-0.2, -0.15) is 0 Å². The quantitative estimate of drug-likeness (QED) is 0.888. The molecule has 0 unspecified atom stereocenters. The molecule has 0 aliphatic carbocycles. The van der Waals surface area contributed by atoms with Crippen molar-refractivity contribution in [3.8, 4) is 5.75 Å². The molecular weight excluding hydrogens is 267 g/mol. The molecule has 2 rings (SSSR count). The van der Waals surface area contributed by atoms with Gasteiger partial charge in [0, 0.05) is 19.6 Å². The van der Waals surface area contributed by atoms with Crippen LogP contribution in [0.2, 0.25) is 0 Å². The van der Waals surface area contributed by atoms with E-state index < -0.39 is 0 Å². The molecule has 0 spiro atoms. The highest BCUT2D eigenvalue weighted by Gasteiger charge is 2.06. The minimum atomic E-state index is -0.325. The van der Waals surface area contributed by atoms with Gasteiger partial charge in [0.05, 0.1) is 7.11 Å². The molecule has 0 atom stereocenters. The van der Waals surface area contributed by atoms with Crippen LogP contribution in [0.25, 0.3) is 0 Å². The number of nitrogens with two attached hydrogens (primary N) is 1. The maximum atomic E-state index is 13.7.